The molecule has 1 aliphatic heterocycles. The molecule has 0 radical (unpaired) electrons. The van der Waals surface area contributed by atoms with Crippen molar-refractivity contribution in [2.75, 3.05) is 18.6 Å². The lowest BCUT2D eigenvalue weighted by Crippen LogP contribution is -2.29. The molecule has 4 heterocycles. The SMILES string of the molecule is CCCCCCOc1ccc(C2/C(=C(\O)c3c(C)nc4ccccn34)C(=O)C(=O)N2c2nc(C)c(C(=O)OC)s2)cc1. The van der Waals surface area contributed by atoms with E-state index in [1.165, 1.54) is 12.0 Å². The van der Waals surface area contributed by atoms with Gasteiger partial charge in [0.05, 0.1) is 36.7 Å². The molecule has 11 heteroatoms. The van der Waals surface area contributed by atoms with Crippen LogP contribution in [0.15, 0.2) is 54.2 Å². The molecule has 5 rings (SSSR count). The van der Waals surface area contributed by atoms with E-state index in [1.807, 2.05) is 6.07 Å². The molecule has 0 aliphatic carbocycles. The first-order valence-corrected chi connectivity index (χ1v) is 14.6. The van der Waals surface area contributed by atoms with E-state index in [-0.39, 0.29) is 21.3 Å². The van der Waals surface area contributed by atoms with Crippen LogP contribution in [0.4, 0.5) is 5.13 Å². The number of aryl methyl sites for hydroxylation is 2. The molecule has 0 bridgehead atoms. The molecule has 1 unspecified atom stereocenters. The maximum Gasteiger partial charge on any atom is 0.350 e. The molecule has 1 aromatic carbocycles. The van der Waals surface area contributed by atoms with Crippen molar-refractivity contribution in [3.05, 3.63) is 81.8 Å². The number of hydrogen-bond acceptors (Lipinski definition) is 9. The number of anilines is 1. The van der Waals surface area contributed by atoms with Gasteiger partial charge in [-0.1, -0.05) is 55.7 Å². The predicted molar refractivity (Wildman–Crippen MR) is 159 cm³/mol. The molecule has 4 aromatic rings. The number of rotatable bonds is 10. The summed E-state index contributed by atoms with van der Waals surface area (Å²) < 4.78 is 12.4. The molecule has 1 N–H and O–H groups in total. The van der Waals surface area contributed by atoms with Crippen molar-refractivity contribution in [2.45, 2.75) is 52.5 Å². The van der Waals surface area contributed by atoms with E-state index in [0.717, 1.165) is 37.0 Å². The number of carbonyl (C=O) groups excluding carboxylic acids is 3. The number of benzene rings is 1. The minimum absolute atomic E-state index is 0.102. The van der Waals surface area contributed by atoms with Crippen LogP contribution in [0.1, 0.15) is 71.0 Å². The van der Waals surface area contributed by atoms with Crippen LogP contribution >= 0.6 is 11.3 Å². The minimum atomic E-state index is -1.02. The molecule has 1 atom stereocenters. The largest absolute Gasteiger partial charge is 0.505 e. The number of methoxy groups -OCH3 is 1. The van der Waals surface area contributed by atoms with Gasteiger partial charge >= 0.3 is 11.9 Å². The first kappa shape index (κ1) is 29.0. The Labute approximate surface area is 247 Å². The number of ketones is 1. The van der Waals surface area contributed by atoms with E-state index >= 15 is 0 Å². The van der Waals surface area contributed by atoms with Gasteiger partial charge in [-0.15, -0.1) is 0 Å². The average molecular weight is 589 g/mol. The normalized spacial score (nSPS) is 16.4. The molecular weight excluding hydrogens is 556 g/mol. The number of thiazole rings is 1. The molecule has 218 valence electrons. The van der Waals surface area contributed by atoms with Gasteiger partial charge < -0.3 is 14.6 Å². The van der Waals surface area contributed by atoms with Gasteiger partial charge in [0.15, 0.2) is 10.9 Å². The number of esters is 1. The second kappa shape index (κ2) is 12.2. The zero-order chi connectivity index (χ0) is 30.0. The zero-order valence-corrected chi connectivity index (χ0v) is 24.7. The number of imidazole rings is 1. The summed E-state index contributed by atoms with van der Waals surface area (Å²) in [5, 5.41) is 11.8. The first-order chi connectivity index (χ1) is 20.3. The fraction of sp³-hybridized carbons (Fsp3) is 0.323. The first-order valence-electron chi connectivity index (χ1n) is 13.8. The second-order valence-corrected chi connectivity index (χ2v) is 11.0. The van der Waals surface area contributed by atoms with Crippen molar-refractivity contribution in [3.8, 4) is 5.75 Å². The highest BCUT2D eigenvalue weighted by molar-refractivity contribution is 7.17. The highest BCUT2D eigenvalue weighted by Crippen LogP contribution is 2.44. The van der Waals surface area contributed by atoms with Crippen LogP contribution in [0.3, 0.4) is 0 Å². The number of hydrogen-bond donors (Lipinski definition) is 1. The van der Waals surface area contributed by atoms with Gasteiger partial charge in [0.1, 0.15) is 22.0 Å². The zero-order valence-electron chi connectivity index (χ0n) is 23.9. The fourth-order valence-corrected chi connectivity index (χ4v) is 6.12. The third kappa shape index (κ3) is 5.27. The predicted octanol–water partition coefficient (Wildman–Crippen LogP) is 5.78. The van der Waals surface area contributed by atoms with Crippen molar-refractivity contribution in [3.63, 3.8) is 0 Å². The summed E-state index contributed by atoms with van der Waals surface area (Å²) in [4.78, 5) is 50.0. The summed E-state index contributed by atoms with van der Waals surface area (Å²) in [5.74, 6) is -2.02. The molecule has 0 saturated carbocycles. The lowest BCUT2D eigenvalue weighted by molar-refractivity contribution is -0.132. The van der Waals surface area contributed by atoms with Gasteiger partial charge in [0.2, 0.25) is 0 Å². The topological polar surface area (TPSA) is 123 Å². The number of nitrogens with zero attached hydrogens (tertiary/aromatic N) is 4. The quantitative estimate of drug-likeness (QED) is 0.0813. The number of ether oxygens (including phenoxy) is 2. The highest BCUT2D eigenvalue weighted by atomic mass is 32.1. The Morgan fingerprint density at radius 1 is 1.02 bits per heavy atom. The molecule has 0 spiro atoms. The van der Waals surface area contributed by atoms with Crippen LogP contribution in [0.5, 0.6) is 5.75 Å². The molecule has 10 nitrogen and oxygen atoms in total. The Morgan fingerprint density at radius 2 is 1.79 bits per heavy atom. The summed E-state index contributed by atoms with van der Waals surface area (Å²) in [6, 6.07) is 11.5. The molecule has 3 aromatic heterocycles. The summed E-state index contributed by atoms with van der Waals surface area (Å²) in [7, 11) is 1.26. The summed E-state index contributed by atoms with van der Waals surface area (Å²) in [6.45, 7) is 6.10. The highest BCUT2D eigenvalue weighted by Gasteiger charge is 2.49. The van der Waals surface area contributed by atoms with E-state index in [1.54, 1.807) is 60.8 Å². The Hall–Kier alpha value is -4.51. The third-order valence-electron chi connectivity index (χ3n) is 7.20. The number of aliphatic hydroxyl groups excluding tert-OH is 1. The summed E-state index contributed by atoms with van der Waals surface area (Å²) in [6.07, 6.45) is 6.06. The van der Waals surface area contributed by atoms with Crippen LogP contribution in [0, 0.1) is 13.8 Å². The van der Waals surface area contributed by atoms with E-state index in [0.29, 0.717) is 40.6 Å². The van der Waals surface area contributed by atoms with Crippen molar-refractivity contribution in [2.24, 2.45) is 0 Å². The minimum Gasteiger partial charge on any atom is -0.505 e. The standard InChI is InChI=1S/C31H32N4O6S/c1-5-6-7-10-17-41-21-14-12-20(13-15-21)25-23(26(36)24-18(2)32-22-11-8-9-16-34(22)24)27(37)29(38)35(25)31-33-19(3)28(42-31)30(39)40-4/h8-9,11-16,25,36H,5-7,10,17H2,1-4H3/b26-23+. The smallest absolute Gasteiger partial charge is 0.350 e. The van der Waals surface area contributed by atoms with Crippen LogP contribution in [-0.2, 0) is 14.3 Å². The van der Waals surface area contributed by atoms with Gasteiger partial charge in [0, 0.05) is 6.20 Å². The van der Waals surface area contributed by atoms with Gasteiger partial charge in [-0.05, 0) is 50.1 Å². The van der Waals surface area contributed by atoms with Gasteiger partial charge in [-0.2, -0.15) is 0 Å². The van der Waals surface area contributed by atoms with Crippen LogP contribution in [0.25, 0.3) is 11.4 Å². The third-order valence-corrected chi connectivity index (χ3v) is 8.33. The lowest BCUT2D eigenvalue weighted by Gasteiger charge is -2.23. The summed E-state index contributed by atoms with van der Waals surface area (Å²) in [5.41, 5.74) is 2.22. The number of fused-ring (bicyclic) bond motifs is 1. The maximum atomic E-state index is 13.7. The van der Waals surface area contributed by atoms with Gasteiger partial charge in [-0.3, -0.25) is 18.9 Å². The lowest BCUT2D eigenvalue weighted by atomic mass is 9.96. The molecule has 42 heavy (non-hydrogen) atoms. The monoisotopic (exact) mass is 588 g/mol. The molecule has 1 fully saturated rings. The van der Waals surface area contributed by atoms with Gasteiger partial charge in [0.25, 0.3) is 5.78 Å². The van der Waals surface area contributed by atoms with Crippen LogP contribution in [-0.4, -0.2) is 50.9 Å². The maximum absolute atomic E-state index is 13.7. The van der Waals surface area contributed by atoms with E-state index in [2.05, 4.69) is 16.9 Å². The number of carbonyl (C=O) groups is 3. The Balaban J connectivity index is 1.62. The number of Topliss-reactive ketones (excluding diaryl/α,β-unsaturated/α-hetero) is 1. The molecule has 1 amide bonds. The van der Waals surface area contributed by atoms with Crippen LogP contribution in [0.2, 0.25) is 0 Å². The Kier molecular flexibility index (Phi) is 8.39. The van der Waals surface area contributed by atoms with E-state index < -0.39 is 23.7 Å². The van der Waals surface area contributed by atoms with Crippen molar-refractivity contribution >= 4 is 45.5 Å². The number of aliphatic hydroxyl groups is 1. The number of unbranched alkanes of at least 4 members (excludes halogenated alkanes) is 3. The van der Waals surface area contributed by atoms with E-state index in [9.17, 15) is 19.5 Å². The Bertz CT molecular complexity index is 1690. The summed E-state index contributed by atoms with van der Waals surface area (Å²) >= 11 is 0.952. The van der Waals surface area contributed by atoms with Crippen LogP contribution < -0.4 is 9.64 Å². The van der Waals surface area contributed by atoms with Gasteiger partial charge in [-0.25, -0.2) is 14.8 Å². The molecule has 1 aliphatic rings. The Morgan fingerprint density at radius 3 is 2.50 bits per heavy atom. The number of aromatic nitrogens is 3. The second-order valence-electron chi connectivity index (χ2n) is 10.0. The van der Waals surface area contributed by atoms with E-state index in [4.69, 9.17) is 9.47 Å². The molecule has 1 saturated heterocycles. The fourth-order valence-electron chi connectivity index (χ4n) is 5.10. The van der Waals surface area contributed by atoms with Crippen molar-refractivity contribution in [1.29, 1.82) is 0 Å². The number of pyridine rings is 1. The van der Waals surface area contributed by atoms with Crippen molar-refractivity contribution in [1.82, 2.24) is 14.4 Å². The average Bonchev–Trinajstić information content (AvgIpc) is 3.62. The molecular formula is C31H32N4O6S. The van der Waals surface area contributed by atoms with Crippen molar-refractivity contribution < 1.29 is 29.0 Å². The number of amides is 1.